The highest BCUT2D eigenvalue weighted by Gasteiger charge is 2.69. The zero-order valence-corrected chi connectivity index (χ0v) is 33.4. The van der Waals surface area contributed by atoms with Gasteiger partial charge < -0.3 is 39.4 Å². The van der Waals surface area contributed by atoms with Crippen molar-refractivity contribution in [3.8, 4) is 0 Å². The number of nitrogens with one attached hydrogen (secondary N) is 1. The predicted molar refractivity (Wildman–Crippen MR) is 200 cm³/mol. The van der Waals surface area contributed by atoms with E-state index in [0.29, 0.717) is 44.9 Å². The molecule has 0 spiro atoms. The number of ether oxygens (including phenoxy) is 3. The normalized spacial score (nSPS) is 29.4. The van der Waals surface area contributed by atoms with E-state index in [1.807, 2.05) is 26.8 Å². The lowest BCUT2D eigenvalue weighted by molar-refractivity contribution is -0.757. The molecule has 0 radical (unpaired) electrons. The molecule has 0 aromatic carbocycles. The van der Waals surface area contributed by atoms with Gasteiger partial charge in [0.15, 0.2) is 18.7 Å². The first kappa shape index (κ1) is 46.2. The van der Waals surface area contributed by atoms with Crippen LogP contribution in [0.5, 0.6) is 0 Å². The Labute approximate surface area is 336 Å². The molecule has 4 rings (SSSR count). The van der Waals surface area contributed by atoms with Gasteiger partial charge in [0.05, 0.1) is 32.3 Å². The summed E-state index contributed by atoms with van der Waals surface area (Å²) in [5, 5.41) is 44.2. The molecule has 3 fully saturated rings. The fraction of sp³-hybridized carbons (Fsp3) is 0.769. The Bertz CT molecular complexity index is 1600. The highest BCUT2D eigenvalue weighted by Crippen LogP contribution is 2.68. The molecule has 0 aliphatic heterocycles. The topological polar surface area (TPSA) is 270 Å². The van der Waals surface area contributed by atoms with E-state index in [1.54, 1.807) is 12.2 Å². The lowest BCUT2D eigenvalue weighted by atomic mass is 9.46. The Balaban J connectivity index is 1.45. The number of aliphatic hydroxyl groups excluding tert-OH is 2. The summed E-state index contributed by atoms with van der Waals surface area (Å²) in [4.78, 5) is 95.0. The highest BCUT2D eigenvalue weighted by molar-refractivity contribution is 6.01. The molecule has 58 heavy (non-hydrogen) atoms. The third-order valence-electron chi connectivity index (χ3n) is 12.5. The molecule has 0 aromatic heterocycles. The first-order valence-corrected chi connectivity index (χ1v) is 20.1. The molecule has 3 saturated carbocycles. The fourth-order valence-electron chi connectivity index (χ4n) is 9.84. The number of carbonyl (C=O) groups excluding carboxylic acids is 5. The molecule has 0 bridgehead atoms. The van der Waals surface area contributed by atoms with Crippen molar-refractivity contribution >= 4 is 29.4 Å². The number of fused-ring (bicyclic) bond motifs is 5. The van der Waals surface area contributed by atoms with Gasteiger partial charge in [-0.25, -0.2) is 4.79 Å². The smallest absolute Gasteiger partial charge is 0.329 e. The number of esters is 2. The SMILES string of the molecule is CCCC(O)OC1(C(=O)COC(=O)CC(NC(=O)CCCCCO[N+](=O)[O-])C(=O)OCCCCO[N+](=O)[O-])CCC2[C@@H]3CCC4=CC(=O)C=C[C@]4(C)C3[C@@H](O)C[C@@]21C. The maximum atomic E-state index is 14.5. The molecule has 0 saturated heterocycles. The largest absolute Gasteiger partial charge is 0.464 e. The highest BCUT2D eigenvalue weighted by atomic mass is 17.0. The van der Waals surface area contributed by atoms with Gasteiger partial charge in [-0.3, -0.25) is 19.2 Å². The van der Waals surface area contributed by atoms with Crippen LogP contribution in [0, 0.1) is 48.8 Å². The van der Waals surface area contributed by atoms with Crippen molar-refractivity contribution in [2.24, 2.45) is 28.6 Å². The second-order valence-electron chi connectivity index (χ2n) is 16.1. The van der Waals surface area contributed by atoms with E-state index in [9.17, 15) is 54.4 Å². The average molecular weight is 824 g/mol. The summed E-state index contributed by atoms with van der Waals surface area (Å²) in [6.07, 6.45) is 6.47. The maximum absolute atomic E-state index is 14.5. The molecule has 0 aromatic rings. The van der Waals surface area contributed by atoms with E-state index in [4.69, 9.17) is 14.2 Å². The maximum Gasteiger partial charge on any atom is 0.329 e. The van der Waals surface area contributed by atoms with Crippen molar-refractivity contribution in [3.63, 3.8) is 0 Å². The van der Waals surface area contributed by atoms with Crippen molar-refractivity contribution < 1.29 is 68.2 Å². The Morgan fingerprint density at radius 3 is 2.33 bits per heavy atom. The number of unbranched alkanes of at least 4 members (excludes halogenated alkanes) is 3. The number of nitrogens with zero attached hydrogens (tertiary/aromatic N) is 2. The molecule has 5 unspecified atom stereocenters. The number of carbonyl (C=O) groups is 5. The first-order valence-electron chi connectivity index (χ1n) is 20.1. The van der Waals surface area contributed by atoms with Gasteiger partial charge in [-0.15, -0.1) is 20.2 Å². The van der Waals surface area contributed by atoms with Crippen molar-refractivity contribution in [1.82, 2.24) is 5.32 Å². The van der Waals surface area contributed by atoms with Crippen LogP contribution >= 0.6 is 0 Å². The predicted octanol–water partition coefficient (Wildman–Crippen LogP) is 3.43. The molecule has 19 heteroatoms. The molecule has 4 aliphatic carbocycles. The molecule has 324 valence electrons. The van der Waals surface area contributed by atoms with Crippen LogP contribution in [0.1, 0.15) is 111 Å². The van der Waals surface area contributed by atoms with Gasteiger partial charge in [-0.2, -0.15) is 0 Å². The van der Waals surface area contributed by atoms with Crippen LogP contribution in [0.4, 0.5) is 0 Å². The van der Waals surface area contributed by atoms with Gasteiger partial charge in [0, 0.05) is 23.2 Å². The first-order chi connectivity index (χ1) is 27.5. The zero-order valence-electron chi connectivity index (χ0n) is 33.4. The van der Waals surface area contributed by atoms with Crippen molar-refractivity contribution in [2.45, 2.75) is 135 Å². The lowest BCUT2D eigenvalue weighted by Crippen LogP contribution is -2.63. The summed E-state index contributed by atoms with van der Waals surface area (Å²) in [6.45, 7) is 4.42. The fourth-order valence-corrected chi connectivity index (χ4v) is 9.84. The van der Waals surface area contributed by atoms with E-state index in [-0.39, 0.29) is 81.9 Å². The van der Waals surface area contributed by atoms with Crippen LogP contribution < -0.4 is 5.32 Å². The van der Waals surface area contributed by atoms with Gasteiger partial charge in [0.1, 0.15) is 11.6 Å². The molecule has 4 aliphatic rings. The molecule has 3 N–H and O–H groups in total. The van der Waals surface area contributed by atoms with Crippen LogP contribution in [-0.4, -0.2) is 100 Å². The Morgan fingerprint density at radius 1 is 0.983 bits per heavy atom. The van der Waals surface area contributed by atoms with Crippen molar-refractivity contribution in [1.29, 1.82) is 0 Å². The van der Waals surface area contributed by atoms with Gasteiger partial charge >= 0.3 is 11.9 Å². The van der Waals surface area contributed by atoms with Crippen LogP contribution in [0.2, 0.25) is 0 Å². The third-order valence-corrected chi connectivity index (χ3v) is 12.5. The number of hydrogen-bond donors (Lipinski definition) is 3. The summed E-state index contributed by atoms with van der Waals surface area (Å²) >= 11 is 0. The van der Waals surface area contributed by atoms with Gasteiger partial charge in [0.25, 0.3) is 10.2 Å². The van der Waals surface area contributed by atoms with E-state index in [2.05, 4.69) is 15.0 Å². The molecule has 1 amide bonds. The Hall–Kier alpha value is -4.49. The summed E-state index contributed by atoms with van der Waals surface area (Å²) in [7, 11) is 0. The number of Topliss-reactive ketones (excluding diaryl/α,β-unsaturated/α-hetero) is 1. The summed E-state index contributed by atoms with van der Waals surface area (Å²) in [5.74, 6) is -3.69. The second kappa shape index (κ2) is 20.5. The number of amides is 1. The Kier molecular flexibility index (Phi) is 16.3. The lowest BCUT2D eigenvalue weighted by Gasteiger charge is -2.60. The van der Waals surface area contributed by atoms with Crippen molar-refractivity contribution in [3.05, 3.63) is 44.0 Å². The summed E-state index contributed by atoms with van der Waals surface area (Å²) in [6, 6.07) is -1.52. The van der Waals surface area contributed by atoms with Gasteiger partial charge in [0.2, 0.25) is 11.7 Å². The minimum Gasteiger partial charge on any atom is -0.464 e. The minimum absolute atomic E-state index is 0.0387. The number of ketones is 2. The third kappa shape index (κ3) is 11.0. The van der Waals surface area contributed by atoms with Crippen LogP contribution in [0.3, 0.4) is 0 Å². The van der Waals surface area contributed by atoms with E-state index in [1.165, 1.54) is 0 Å². The van der Waals surface area contributed by atoms with Gasteiger partial charge in [-0.05, 0) is 88.2 Å². The van der Waals surface area contributed by atoms with Crippen molar-refractivity contribution in [2.75, 3.05) is 26.4 Å². The Morgan fingerprint density at radius 2 is 1.66 bits per heavy atom. The van der Waals surface area contributed by atoms with E-state index >= 15 is 0 Å². The van der Waals surface area contributed by atoms with Gasteiger partial charge in [-0.1, -0.05) is 45.3 Å². The standard InChI is InChI=1S/C39H57N3O16/c1-4-10-33(47)58-39(17-15-28-27-13-12-25-21-26(43)14-16-37(25,2)35(27)30(44)23-38(28,39)3)31(45)24-55-34(48)22-29(36(49)54-18-8-9-20-57-42(52)53)40-32(46)11-6-5-7-19-56-41(50)51/h14,16,21,27-30,33,35,44,47H,4-13,15,17-20,22-24H2,1-3H3,(H,40,46)/t27-,28?,29?,30-,33?,35?,37-,38-,39?/m0/s1. The number of aliphatic hydroxyl groups is 2. The molecule has 19 nitrogen and oxygen atoms in total. The average Bonchev–Trinajstić information content (AvgIpc) is 3.44. The summed E-state index contributed by atoms with van der Waals surface area (Å²) in [5.41, 5.74) is -2.17. The van der Waals surface area contributed by atoms with Crippen LogP contribution in [-0.2, 0) is 47.9 Å². The molecule has 9 atom stereocenters. The number of rotatable bonds is 24. The minimum atomic E-state index is -1.63. The molecule has 0 heterocycles. The summed E-state index contributed by atoms with van der Waals surface area (Å²) < 4.78 is 17.0. The molecular formula is C39H57N3O16. The van der Waals surface area contributed by atoms with Crippen LogP contribution in [0.15, 0.2) is 23.8 Å². The quantitative estimate of drug-likeness (QED) is 0.0414. The zero-order chi connectivity index (χ0) is 42.7. The van der Waals surface area contributed by atoms with Crippen LogP contribution in [0.25, 0.3) is 0 Å². The van der Waals surface area contributed by atoms with E-state index < -0.39 is 81.7 Å². The van der Waals surface area contributed by atoms with E-state index in [0.717, 1.165) is 5.57 Å². The number of allylic oxidation sites excluding steroid dienone is 4. The second-order valence-corrected chi connectivity index (χ2v) is 16.1. The molecular weight excluding hydrogens is 766 g/mol. The monoisotopic (exact) mass is 823 g/mol. The number of hydrogen-bond acceptors (Lipinski definition) is 16.